The number of carbonyl (C=O) groups excluding carboxylic acids is 1. The number of ether oxygens (including phenoxy) is 2. The average molecular weight is 367 g/mol. The van der Waals surface area contributed by atoms with Gasteiger partial charge in [0.1, 0.15) is 11.4 Å². The first-order valence-corrected chi connectivity index (χ1v) is 9.14. The number of hydrogen-bond acceptors (Lipinski definition) is 4. The Hall–Kier alpha value is -2.86. The smallest absolute Gasteiger partial charge is 0.207 e. The summed E-state index contributed by atoms with van der Waals surface area (Å²) >= 11 is 0. The second-order valence-electron chi connectivity index (χ2n) is 6.44. The molecule has 3 rings (SSSR count). The summed E-state index contributed by atoms with van der Waals surface area (Å²) in [7, 11) is 1.69. The van der Waals surface area contributed by atoms with E-state index in [0.29, 0.717) is 13.2 Å². The molecule has 0 radical (unpaired) electrons. The Bertz CT molecular complexity index is 891. The van der Waals surface area contributed by atoms with Crippen molar-refractivity contribution < 1.29 is 14.3 Å². The van der Waals surface area contributed by atoms with Crippen LogP contribution >= 0.6 is 0 Å². The van der Waals surface area contributed by atoms with Crippen molar-refractivity contribution in [2.75, 3.05) is 13.7 Å². The molecule has 1 amide bonds. The number of amides is 1. The zero-order valence-corrected chi connectivity index (χ0v) is 15.7. The second-order valence-corrected chi connectivity index (χ2v) is 6.44. The summed E-state index contributed by atoms with van der Waals surface area (Å²) in [4.78, 5) is 10.6. The largest absolute Gasteiger partial charge is 0.493 e. The summed E-state index contributed by atoms with van der Waals surface area (Å²) in [6, 6.07) is 14.2. The number of H-pyrrole nitrogens is 1. The maximum Gasteiger partial charge on any atom is 0.207 e. The summed E-state index contributed by atoms with van der Waals surface area (Å²) in [5.74, 6) is 0.791. The normalized spacial score (nSPS) is 12.1. The van der Waals surface area contributed by atoms with Gasteiger partial charge in [0.25, 0.3) is 0 Å². The van der Waals surface area contributed by atoms with Gasteiger partial charge in [-0.15, -0.1) is 0 Å². The molecule has 1 atom stereocenters. The maximum absolute atomic E-state index is 10.6. The van der Waals surface area contributed by atoms with Gasteiger partial charge in [0.2, 0.25) is 6.41 Å². The Balaban J connectivity index is 1.78. The van der Waals surface area contributed by atoms with Gasteiger partial charge >= 0.3 is 0 Å². The fraction of sp³-hybridized carbons (Fsp3) is 0.333. The van der Waals surface area contributed by atoms with E-state index in [1.165, 1.54) is 0 Å². The topological polar surface area (TPSA) is 76.2 Å². The molecule has 1 unspecified atom stereocenters. The third-order valence-corrected chi connectivity index (χ3v) is 4.58. The minimum atomic E-state index is 0.138. The number of hydrogen-bond donors (Lipinski definition) is 2. The van der Waals surface area contributed by atoms with Gasteiger partial charge < -0.3 is 14.8 Å². The van der Waals surface area contributed by atoms with Crippen molar-refractivity contribution in [3.05, 3.63) is 48.0 Å². The van der Waals surface area contributed by atoms with Crippen LogP contribution in [0.5, 0.6) is 5.75 Å². The predicted molar refractivity (Wildman–Crippen MR) is 106 cm³/mol. The molecule has 0 saturated carbocycles. The van der Waals surface area contributed by atoms with Crippen LogP contribution < -0.4 is 10.1 Å². The number of rotatable bonds is 10. The quantitative estimate of drug-likeness (QED) is 0.536. The molecule has 0 aliphatic rings. The van der Waals surface area contributed by atoms with E-state index < -0.39 is 0 Å². The zero-order valence-electron chi connectivity index (χ0n) is 15.7. The number of methoxy groups -OCH3 is 1. The number of nitrogens with zero attached hydrogens (tertiary/aromatic N) is 1. The lowest BCUT2D eigenvalue weighted by Gasteiger charge is -2.14. The van der Waals surface area contributed by atoms with Gasteiger partial charge in [-0.3, -0.25) is 9.89 Å². The van der Waals surface area contributed by atoms with Crippen LogP contribution in [-0.2, 0) is 16.1 Å². The monoisotopic (exact) mass is 367 g/mol. The highest BCUT2D eigenvalue weighted by Crippen LogP contribution is 2.30. The molecule has 1 aromatic heterocycles. The van der Waals surface area contributed by atoms with E-state index in [1.54, 1.807) is 7.11 Å². The van der Waals surface area contributed by atoms with Crippen molar-refractivity contribution in [1.29, 1.82) is 0 Å². The van der Waals surface area contributed by atoms with E-state index in [9.17, 15) is 4.79 Å². The average Bonchev–Trinajstić information content (AvgIpc) is 3.11. The van der Waals surface area contributed by atoms with E-state index in [1.807, 2.05) is 43.3 Å². The van der Waals surface area contributed by atoms with Gasteiger partial charge in [-0.1, -0.05) is 25.1 Å². The summed E-state index contributed by atoms with van der Waals surface area (Å²) in [5, 5.41) is 11.4. The van der Waals surface area contributed by atoms with Gasteiger partial charge in [0, 0.05) is 30.5 Å². The molecule has 142 valence electrons. The van der Waals surface area contributed by atoms with E-state index in [0.717, 1.165) is 52.7 Å². The minimum Gasteiger partial charge on any atom is -0.493 e. The molecular formula is C21H25N3O3. The molecule has 0 saturated heterocycles. The van der Waals surface area contributed by atoms with Crippen LogP contribution in [-0.4, -0.2) is 36.4 Å². The molecule has 3 aromatic rings. The second kappa shape index (κ2) is 9.19. The van der Waals surface area contributed by atoms with Gasteiger partial charge in [-0.05, 0) is 36.2 Å². The van der Waals surface area contributed by atoms with Gasteiger partial charge in [0.15, 0.2) is 0 Å². The first-order valence-electron chi connectivity index (χ1n) is 9.14. The predicted octanol–water partition coefficient (Wildman–Crippen LogP) is 3.67. The minimum absolute atomic E-state index is 0.138. The fourth-order valence-corrected chi connectivity index (χ4v) is 3.10. The highest BCUT2D eigenvalue weighted by atomic mass is 16.5. The fourth-order valence-electron chi connectivity index (χ4n) is 3.10. The van der Waals surface area contributed by atoms with Gasteiger partial charge in [-0.2, -0.15) is 5.10 Å². The van der Waals surface area contributed by atoms with Crippen LogP contribution in [0.1, 0.15) is 25.3 Å². The van der Waals surface area contributed by atoms with Crippen LogP contribution in [0.2, 0.25) is 0 Å². The Kier molecular flexibility index (Phi) is 6.44. The first kappa shape index (κ1) is 18.9. The summed E-state index contributed by atoms with van der Waals surface area (Å²) in [6.45, 7) is 3.15. The van der Waals surface area contributed by atoms with Crippen molar-refractivity contribution in [2.45, 2.75) is 32.4 Å². The Labute approximate surface area is 158 Å². The lowest BCUT2D eigenvalue weighted by Crippen LogP contribution is -2.28. The van der Waals surface area contributed by atoms with Gasteiger partial charge in [-0.25, -0.2) is 0 Å². The summed E-state index contributed by atoms with van der Waals surface area (Å²) in [6.07, 6.45) is 2.39. The SMILES string of the molecule is CCC(CCOc1ccc2[nH]nc(-c3cccc(COC)c3)c2c1)NC=O. The molecular weight excluding hydrogens is 342 g/mol. The van der Waals surface area contributed by atoms with E-state index in [4.69, 9.17) is 9.47 Å². The first-order chi connectivity index (χ1) is 13.2. The Morgan fingerprint density at radius 3 is 2.93 bits per heavy atom. The molecule has 0 fully saturated rings. The lowest BCUT2D eigenvalue weighted by molar-refractivity contribution is -0.110. The molecule has 0 spiro atoms. The maximum atomic E-state index is 10.6. The van der Waals surface area contributed by atoms with Crippen molar-refractivity contribution in [3.63, 3.8) is 0 Å². The third-order valence-electron chi connectivity index (χ3n) is 4.58. The van der Waals surface area contributed by atoms with Crippen molar-refractivity contribution >= 4 is 17.3 Å². The summed E-state index contributed by atoms with van der Waals surface area (Å²) in [5.41, 5.74) is 3.99. The Morgan fingerprint density at radius 2 is 2.15 bits per heavy atom. The van der Waals surface area contributed by atoms with E-state index in [-0.39, 0.29) is 6.04 Å². The van der Waals surface area contributed by atoms with Crippen LogP contribution in [0, 0.1) is 0 Å². The van der Waals surface area contributed by atoms with Crippen LogP contribution in [0.3, 0.4) is 0 Å². The van der Waals surface area contributed by atoms with Crippen molar-refractivity contribution in [2.24, 2.45) is 0 Å². The highest BCUT2D eigenvalue weighted by Gasteiger charge is 2.11. The number of benzene rings is 2. The van der Waals surface area contributed by atoms with E-state index in [2.05, 4.69) is 21.6 Å². The number of aromatic amines is 1. The molecule has 2 N–H and O–H groups in total. The number of nitrogens with one attached hydrogen (secondary N) is 2. The molecule has 6 nitrogen and oxygen atoms in total. The van der Waals surface area contributed by atoms with Gasteiger partial charge in [0.05, 0.1) is 18.7 Å². The molecule has 0 bridgehead atoms. The van der Waals surface area contributed by atoms with Crippen molar-refractivity contribution in [1.82, 2.24) is 15.5 Å². The van der Waals surface area contributed by atoms with Crippen LogP contribution in [0.15, 0.2) is 42.5 Å². The number of carbonyl (C=O) groups is 1. The van der Waals surface area contributed by atoms with Crippen LogP contribution in [0.4, 0.5) is 0 Å². The molecule has 6 heteroatoms. The standard InChI is InChI=1S/C21H25N3O3/c1-3-17(22-14-25)9-10-27-18-7-8-20-19(12-18)21(24-23-20)16-6-4-5-15(11-16)13-26-2/h4-8,11-12,14,17H,3,9-10,13H2,1-2H3,(H,22,25)(H,23,24). The zero-order chi connectivity index (χ0) is 19.1. The molecule has 2 aromatic carbocycles. The number of fused-ring (bicyclic) bond motifs is 1. The third kappa shape index (κ3) is 4.65. The van der Waals surface area contributed by atoms with Crippen LogP contribution in [0.25, 0.3) is 22.2 Å². The molecule has 27 heavy (non-hydrogen) atoms. The van der Waals surface area contributed by atoms with E-state index >= 15 is 0 Å². The Morgan fingerprint density at radius 1 is 1.26 bits per heavy atom. The highest BCUT2D eigenvalue weighted by molar-refractivity contribution is 5.93. The number of aromatic nitrogens is 2. The van der Waals surface area contributed by atoms with Crippen molar-refractivity contribution in [3.8, 4) is 17.0 Å². The molecule has 0 aliphatic carbocycles. The molecule has 0 aliphatic heterocycles. The summed E-state index contributed by atoms with van der Waals surface area (Å²) < 4.78 is 11.1. The molecule has 1 heterocycles. The lowest BCUT2D eigenvalue weighted by atomic mass is 10.1.